The van der Waals surface area contributed by atoms with E-state index in [9.17, 15) is 4.79 Å². The lowest BCUT2D eigenvalue weighted by Crippen LogP contribution is -2.39. The van der Waals surface area contributed by atoms with Gasteiger partial charge < -0.3 is 28.6 Å². The Morgan fingerprint density at radius 3 is 2.29 bits per heavy atom. The molecule has 2 aliphatic heterocycles. The molecular weight excluding hydrogens is 646 g/mol. The SMILES string of the molecule is C[Si](C)(C)CCOCn1c(C(=O)c2cn(Cc3ccc(Cl)cc3)c3ccccc23)nc2c(N3CCOCC3)nc(N3CCOCC3)nc21. The number of carbonyl (C=O) groups is 1. The molecule has 0 saturated carbocycles. The number of halogens is 1. The van der Waals surface area contributed by atoms with Crippen LogP contribution in [0.5, 0.6) is 0 Å². The summed E-state index contributed by atoms with van der Waals surface area (Å²) >= 11 is 6.16. The highest BCUT2D eigenvalue weighted by molar-refractivity contribution is 6.76. The molecule has 0 unspecified atom stereocenters. The molecule has 0 N–H and O–H groups in total. The van der Waals surface area contributed by atoms with Gasteiger partial charge in [0.25, 0.3) is 0 Å². The number of hydrogen-bond donors (Lipinski definition) is 0. The second-order valence-electron chi connectivity index (χ2n) is 13.6. The molecular formula is C35H42ClN7O4Si. The topological polar surface area (TPSA) is 99.8 Å². The monoisotopic (exact) mass is 687 g/mol. The van der Waals surface area contributed by atoms with Gasteiger partial charge in [-0.1, -0.05) is 61.6 Å². The maximum Gasteiger partial charge on any atom is 0.230 e. The molecule has 7 rings (SSSR count). The van der Waals surface area contributed by atoms with E-state index in [0.29, 0.717) is 99.3 Å². The minimum absolute atomic E-state index is 0.160. The smallest absolute Gasteiger partial charge is 0.230 e. The molecule has 0 bridgehead atoms. The number of nitrogens with zero attached hydrogens (tertiary/aromatic N) is 7. The summed E-state index contributed by atoms with van der Waals surface area (Å²) in [6.07, 6.45) is 1.94. The van der Waals surface area contributed by atoms with Crippen molar-refractivity contribution >= 4 is 59.3 Å². The maximum absolute atomic E-state index is 14.8. The van der Waals surface area contributed by atoms with Crippen molar-refractivity contribution in [2.75, 3.05) is 69.0 Å². The summed E-state index contributed by atoms with van der Waals surface area (Å²) in [5, 5.41) is 1.55. The fraction of sp³-hybridized carbons (Fsp3) is 0.429. The highest BCUT2D eigenvalue weighted by Crippen LogP contribution is 2.31. The number of carbonyl (C=O) groups excluding carboxylic acids is 1. The Balaban J connectivity index is 1.35. The van der Waals surface area contributed by atoms with Crippen LogP contribution in [-0.2, 0) is 27.5 Å². The summed E-state index contributed by atoms with van der Waals surface area (Å²) in [5.41, 5.74) is 3.81. The van der Waals surface area contributed by atoms with Crippen molar-refractivity contribution in [2.45, 2.75) is 39.0 Å². The van der Waals surface area contributed by atoms with Gasteiger partial charge in [-0.15, -0.1) is 0 Å². The van der Waals surface area contributed by atoms with Gasteiger partial charge in [-0.2, -0.15) is 9.97 Å². The lowest BCUT2D eigenvalue weighted by molar-refractivity contribution is 0.0832. The lowest BCUT2D eigenvalue weighted by Gasteiger charge is -2.30. The van der Waals surface area contributed by atoms with Gasteiger partial charge in [-0.3, -0.25) is 9.36 Å². The number of rotatable bonds is 11. The first-order valence-corrected chi connectivity index (χ1v) is 20.7. The van der Waals surface area contributed by atoms with E-state index in [1.54, 1.807) is 0 Å². The number of ketones is 1. The van der Waals surface area contributed by atoms with Gasteiger partial charge in [-0.25, -0.2) is 4.98 Å². The van der Waals surface area contributed by atoms with Crippen LogP contribution in [-0.4, -0.2) is 97.2 Å². The average molecular weight is 688 g/mol. The Kier molecular flexibility index (Phi) is 9.52. The van der Waals surface area contributed by atoms with E-state index in [1.807, 2.05) is 59.3 Å². The number of morpholine rings is 2. The van der Waals surface area contributed by atoms with Crippen molar-refractivity contribution in [1.29, 1.82) is 0 Å². The van der Waals surface area contributed by atoms with E-state index in [2.05, 4.69) is 34.0 Å². The first-order valence-electron chi connectivity index (χ1n) is 16.6. The number of anilines is 2. The maximum atomic E-state index is 14.8. The zero-order valence-electron chi connectivity index (χ0n) is 27.8. The van der Waals surface area contributed by atoms with E-state index >= 15 is 0 Å². The van der Waals surface area contributed by atoms with Crippen molar-refractivity contribution in [2.24, 2.45) is 0 Å². The Labute approximate surface area is 286 Å². The highest BCUT2D eigenvalue weighted by Gasteiger charge is 2.29. The summed E-state index contributed by atoms with van der Waals surface area (Å²) in [5.74, 6) is 1.42. The summed E-state index contributed by atoms with van der Waals surface area (Å²) in [4.78, 5) is 34.3. The molecule has 0 spiro atoms. The standard InChI is InChI=1S/C35H42ClN7O4Si/c1-48(2,3)21-20-47-24-43-33-30(32(40-12-16-45-17-13-40)38-35(39-33)41-14-18-46-19-15-41)37-34(43)31(44)28-23-42(29-7-5-4-6-27(28)29)22-25-8-10-26(36)11-9-25/h4-11,23H,12-22,24H2,1-3H3. The highest BCUT2D eigenvalue weighted by atomic mass is 35.5. The minimum atomic E-state index is -1.34. The number of para-hydroxylation sites is 1. The number of aromatic nitrogens is 5. The zero-order chi connectivity index (χ0) is 33.3. The molecule has 2 fully saturated rings. The van der Waals surface area contributed by atoms with Crippen molar-refractivity contribution in [3.05, 3.63) is 76.7 Å². The zero-order valence-corrected chi connectivity index (χ0v) is 29.6. The van der Waals surface area contributed by atoms with Crippen LogP contribution in [0, 0.1) is 0 Å². The Bertz CT molecular complexity index is 1910. The molecule has 0 radical (unpaired) electrons. The van der Waals surface area contributed by atoms with Gasteiger partial charge in [0, 0.05) is 69.5 Å². The average Bonchev–Trinajstić information content (AvgIpc) is 3.66. The van der Waals surface area contributed by atoms with Crippen LogP contribution < -0.4 is 9.80 Å². The molecule has 2 aromatic carbocycles. The van der Waals surface area contributed by atoms with E-state index in [0.717, 1.165) is 22.5 Å². The third-order valence-corrected chi connectivity index (χ3v) is 10.8. The molecule has 5 aromatic rings. The Morgan fingerprint density at radius 2 is 1.58 bits per heavy atom. The van der Waals surface area contributed by atoms with Crippen molar-refractivity contribution in [3.8, 4) is 0 Å². The molecule has 13 heteroatoms. The van der Waals surface area contributed by atoms with Crippen LogP contribution >= 0.6 is 11.6 Å². The number of imidazole rings is 1. The summed E-state index contributed by atoms with van der Waals surface area (Å²) in [6.45, 7) is 13.5. The molecule has 0 amide bonds. The second kappa shape index (κ2) is 14.0. The Morgan fingerprint density at radius 1 is 0.896 bits per heavy atom. The Hall–Kier alpha value is -3.81. The molecule has 0 atom stereocenters. The summed E-state index contributed by atoms with van der Waals surface area (Å²) in [6, 6.07) is 16.8. The molecule has 11 nitrogen and oxygen atoms in total. The van der Waals surface area contributed by atoms with E-state index in [-0.39, 0.29) is 18.3 Å². The van der Waals surface area contributed by atoms with E-state index in [4.69, 9.17) is 40.8 Å². The predicted octanol–water partition coefficient (Wildman–Crippen LogP) is 5.70. The third-order valence-electron chi connectivity index (χ3n) is 8.89. The predicted molar refractivity (Wildman–Crippen MR) is 191 cm³/mol. The fourth-order valence-corrected chi connectivity index (χ4v) is 7.05. The molecule has 2 saturated heterocycles. The normalized spacial score (nSPS) is 15.9. The summed E-state index contributed by atoms with van der Waals surface area (Å²) in [7, 11) is -1.34. The van der Waals surface area contributed by atoms with Gasteiger partial charge in [0.2, 0.25) is 11.7 Å². The van der Waals surface area contributed by atoms with Crippen molar-refractivity contribution in [3.63, 3.8) is 0 Å². The van der Waals surface area contributed by atoms with Gasteiger partial charge >= 0.3 is 0 Å². The van der Waals surface area contributed by atoms with Gasteiger partial charge in [-0.05, 0) is 29.8 Å². The lowest BCUT2D eigenvalue weighted by atomic mass is 10.1. The number of hydrogen-bond acceptors (Lipinski definition) is 9. The number of ether oxygens (including phenoxy) is 3. The first-order chi connectivity index (χ1) is 23.2. The molecule has 48 heavy (non-hydrogen) atoms. The molecule has 0 aliphatic carbocycles. The van der Waals surface area contributed by atoms with Crippen LogP contribution in [0.3, 0.4) is 0 Å². The second-order valence-corrected chi connectivity index (χ2v) is 19.6. The van der Waals surface area contributed by atoms with Crippen molar-refractivity contribution in [1.82, 2.24) is 24.1 Å². The van der Waals surface area contributed by atoms with Crippen molar-refractivity contribution < 1.29 is 19.0 Å². The quantitative estimate of drug-likeness (QED) is 0.0984. The fourth-order valence-electron chi connectivity index (χ4n) is 6.17. The largest absolute Gasteiger partial charge is 0.378 e. The number of benzene rings is 2. The minimum Gasteiger partial charge on any atom is -0.378 e. The number of fused-ring (bicyclic) bond motifs is 2. The van der Waals surface area contributed by atoms with Crippen LogP contribution in [0.4, 0.5) is 11.8 Å². The molecule has 2 aliphatic rings. The van der Waals surface area contributed by atoms with Gasteiger partial charge in [0.15, 0.2) is 22.8 Å². The molecule has 252 valence electrons. The van der Waals surface area contributed by atoms with Crippen LogP contribution in [0.2, 0.25) is 30.7 Å². The molecule has 5 heterocycles. The summed E-state index contributed by atoms with van der Waals surface area (Å²) < 4.78 is 21.6. The first kappa shape index (κ1) is 32.7. The third kappa shape index (κ3) is 6.99. The van der Waals surface area contributed by atoms with Crippen LogP contribution in [0.1, 0.15) is 21.7 Å². The van der Waals surface area contributed by atoms with Gasteiger partial charge in [0.05, 0.1) is 32.0 Å². The van der Waals surface area contributed by atoms with E-state index in [1.165, 1.54) is 0 Å². The van der Waals surface area contributed by atoms with Crippen LogP contribution in [0.25, 0.3) is 22.1 Å². The molecule has 3 aromatic heterocycles. The van der Waals surface area contributed by atoms with Gasteiger partial charge in [0.1, 0.15) is 6.73 Å². The van der Waals surface area contributed by atoms with Crippen LogP contribution in [0.15, 0.2) is 54.7 Å². The van der Waals surface area contributed by atoms with E-state index < -0.39 is 8.07 Å².